The fourth-order valence-corrected chi connectivity index (χ4v) is 4.01. The van der Waals surface area contributed by atoms with Crippen LogP contribution in [0.4, 0.5) is 0 Å². The fourth-order valence-electron chi connectivity index (χ4n) is 3.00. The smallest absolute Gasteiger partial charge is 0.240 e. The van der Waals surface area contributed by atoms with Crippen LogP contribution in [-0.4, -0.2) is 24.9 Å². The van der Waals surface area contributed by atoms with Crippen molar-refractivity contribution in [1.29, 1.82) is 0 Å². The summed E-state index contributed by atoms with van der Waals surface area (Å²) in [5.41, 5.74) is 0.904. The Kier molecular flexibility index (Phi) is 5.35. The number of hydrogen-bond donors (Lipinski definition) is 0. The van der Waals surface area contributed by atoms with Gasteiger partial charge in [-0.3, -0.25) is 4.57 Å². The van der Waals surface area contributed by atoms with Gasteiger partial charge in [0.1, 0.15) is 5.76 Å². The highest BCUT2D eigenvalue weighted by Gasteiger charge is 2.23. The van der Waals surface area contributed by atoms with Crippen LogP contribution in [0, 0.1) is 0 Å². The van der Waals surface area contributed by atoms with Crippen molar-refractivity contribution >= 4 is 23.4 Å². The van der Waals surface area contributed by atoms with E-state index >= 15 is 0 Å². The summed E-state index contributed by atoms with van der Waals surface area (Å²) in [5, 5.41) is 14.0. The second-order valence-corrected chi connectivity index (χ2v) is 8.42. The SMILES string of the molecule is CC(Sc1nnc(-c2ccc(Cl)cc2)n1Cc1ccco1)c1nc(-c2ccco2)no1. The molecule has 0 aliphatic carbocycles. The van der Waals surface area contributed by atoms with Crippen molar-refractivity contribution in [2.24, 2.45) is 0 Å². The maximum absolute atomic E-state index is 6.04. The summed E-state index contributed by atoms with van der Waals surface area (Å²) in [4.78, 5) is 4.45. The molecule has 0 radical (unpaired) electrons. The summed E-state index contributed by atoms with van der Waals surface area (Å²) in [6.07, 6.45) is 3.21. The lowest BCUT2D eigenvalue weighted by Gasteiger charge is -2.10. The molecule has 0 fully saturated rings. The second-order valence-electron chi connectivity index (χ2n) is 6.67. The highest BCUT2D eigenvalue weighted by atomic mass is 35.5. The van der Waals surface area contributed by atoms with Crippen LogP contribution in [0.15, 0.2) is 79.6 Å². The van der Waals surface area contributed by atoms with E-state index in [1.54, 1.807) is 24.7 Å². The van der Waals surface area contributed by atoms with E-state index in [0.717, 1.165) is 11.3 Å². The Morgan fingerprint density at radius 3 is 2.58 bits per heavy atom. The van der Waals surface area contributed by atoms with Gasteiger partial charge >= 0.3 is 0 Å². The third-order valence-electron chi connectivity index (χ3n) is 4.53. The Labute approximate surface area is 186 Å². The van der Waals surface area contributed by atoms with E-state index in [-0.39, 0.29) is 5.25 Å². The van der Waals surface area contributed by atoms with Gasteiger partial charge in [-0.05, 0) is 55.5 Å². The highest BCUT2D eigenvalue weighted by molar-refractivity contribution is 7.99. The van der Waals surface area contributed by atoms with Crippen LogP contribution in [0.2, 0.25) is 5.02 Å². The van der Waals surface area contributed by atoms with Gasteiger partial charge in [0.05, 0.1) is 24.3 Å². The summed E-state index contributed by atoms with van der Waals surface area (Å²) in [5.74, 6) is 2.94. The minimum absolute atomic E-state index is 0.158. The summed E-state index contributed by atoms with van der Waals surface area (Å²) in [7, 11) is 0. The van der Waals surface area contributed by atoms with Crippen molar-refractivity contribution in [1.82, 2.24) is 24.9 Å². The standard InChI is InChI=1S/C21H16ClN5O3S/c1-13(20-23-18(26-30-20)17-5-3-11-29-17)31-21-25-24-19(14-6-8-15(22)9-7-14)27(21)12-16-4-2-10-28-16/h2-11,13H,12H2,1H3. The number of benzene rings is 1. The topological polar surface area (TPSA) is 95.9 Å². The lowest BCUT2D eigenvalue weighted by Crippen LogP contribution is -2.04. The summed E-state index contributed by atoms with van der Waals surface area (Å²) < 4.78 is 18.3. The van der Waals surface area contributed by atoms with Gasteiger partial charge in [0.2, 0.25) is 11.7 Å². The van der Waals surface area contributed by atoms with Crippen molar-refractivity contribution in [2.75, 3.05) is 0 Å². The largest absolute Gasteiger partial charge is 0.467 e. The maximum Gasteiger partial charge on any atom is 0.240 e. The van der Waals surface area contributed by atoms with Crippen molar-refractivity contribution in [3.05, 3.63) is 77.7 Å². The quantitative estimate of drug-likeness (QED) is 0.288. The lowest BCUT2D eigenvalue weighted by molar-refractivity contribution is 0.379. The normalized spacial score (nSPS) is 12.3. The average molecular weight is 454 g/mol. The van der Waals surface area contributed by atoms with Gasteiger partial charge in [0.15, 0.2) is 16.7 Å². The van der Waals surface area contributed by atoms with Crippen molar-refractivity contribution in [3.8, 4) is 23.0 Å². The van der Waals surface area contributed by atoms with Gasteiger partial charge in [0.25, 0.3) is 0 Å². The van der Waals surface area contributed by atoms with Gasteiger partial charge in [-0.1, -0.05) is 28.5 Å². The van der Waals surface area contributed by atoms with Gasteiger partial charge in [-0.2, -0.15) is 4.98 Å². The van der Waals surface area contributed by atoms with Crippen LogP contribution in [0.5, 0.6) is 0 Å². The Morgan fingerprint density at radius 1 is 1.03 bits per heavy atom. The van der Waals surface area contributed by atoms with Crippen LogP contribution < -0.4 is 0 Å². The molecule has 0 bridgehead atoms. The van der Waals surface area contributed by atoms with E-state index in [9.17, 15) is 0 Å². The molecule has 5 aromatic rings. The lowest BCUT2D eigenvalue weighted by atomic mass is 10.2. The predicted molar refractivity (Wildman–Crippen MR) is 115 cm³/mol. The number of nitrogens with zero attached hydrogens (tertiary/aromatic N) is 5. The molecule has 1 aromatic carbocycles. The molecule has 10 heteroatoms. The van der Waals surface area contributed by atoms with Gasteiger partial charge in [-0.25, -0.2) is 0 Å². The van der Waals surface area contributed by atoms with E-state index in [1.165, 1.54) is 11.8 Å². The zero-order valence-corrected chi connectivity index (χ0v) is 17.9. The van der Waals surface area contributed by atoms with Crippen LogP contribution in [0.3, 0.4) is 0 Å². The molecule has 4 heterocycles. The molecule has 31 heavy (non-hydrogen) atoms. The van der Waals surface area contributed by atoms with E-state index in [2.05, 4.69) is 20.3 Å². The van der Waals surface area contributed by atoms with Gasteiger partial charge < -0.3 is 13.4 Å². The maximum atomic E-state index is 6.04. The predicted octanol–water partition coefficient (Wildman–Crippen LogP) is 5.74. The Morgan fingerprint density at radius 2 is 1.84 bits per heavy atom. The van der Waals surface area contributed by atoms with E-state index in [4.69, 9.17) is 25.0 Å². The number of furan rings is 2. The zero-order valence-electron chi connectivity index (χ0n) is 16.3. The van der Waals surface area contributed by atoms with E-state index in [1.807, 2.05) is 47.9 Å². The van der Waals surface area contributed by atoms with Crippen molar-refractivity contribution in [2.45, 2.75) is 23.9 Å². The molecule has 5 rings (SSSR count). The summed E-state index contributed by atoms with van der Waals surface area (Å²) in [6, 6.07) is 14.8. The third-order valence-corrected chi connectivity index (χ3v) is 5.85. The fraction of sp³-hybridized carbons (Fsp3) is 0.143. The highest BCUT2D eigenvalue weighted by Crippen LogP contribution is 2.36. The number of halogens is 1. The number of rotatable bonds is 7. The first-order valence-electron chi connectivity index (χ1n) is 9.43. The van der Waals surface area contributed by atoms with Gasteiger partial charge in [-0.15, -0.1) is 10.2 Å². The molecule has 0 amide bonds. The molecule has 1 unspecified atom stereocenters. The van der Waals surface area contributed by atoms with Gasteiger partial charge in [0, 0.05) is 10.6 Å². The average Bonchev–Trinajstić information content (AvgIpc) is 3.57. The Bertz CT molecular complexity index is 1260. The number of hydrogen-bond acceptors (Lipinski definition) is 8. The molecule has 0 N–H and O–H groups in total. The van der Waals surface area contributed by atoms with Crippen LogP contribution >= 0.6 is 23.4 Å². The summed E-state index contributed by atoms with van der Waals surface area (Å²) in [6.45, 7) is 2.45. The van der Waals surface area contributed by atoms with Crippen molar-refractivity contribution < 1.29 is 13.4 Å². The molecule has 0 saturated heterocycles. The number of thioether (sulfide) groups is 1. The molecule has 0 saturated carbocycles. The molecule has 0 aliphatic heterocycles. The Hall–Kier alpha value is -3.30. The molecular formula is C21H16ClN5O3S. The minimum Gasteiger partial charge on any atom is -0.467 e. The van der Waals surface area contributed by atoms with Crippen LogP contribution in [-0.2, 0) is 6.54 Å². The van der Waals surface area contributed by atoms with Crippen molar-refractivity contribution in [3.63, 3.8) is 0 Å². The molecular weight excluding hydrogens is 438 g/mol. The van der Waals surface area contributed by atoms with Crippen LogP contribution in [0.25, 0.3) is 23.0 Å². The first-order valence-corrected chi connectivity index (χ1v) is 10.7. The second kappa shape index (κ2) is 8.44. The summed E-state index contributed by atoms with van der Waals surface area (Å²) >= 11 is 7.51. The molecule has 1 atom stereocenters. The minimum atomic E-state index is -0.158. The van der Waals surface area contributed by atoms with E-state index < -0.39 is 0 Å². The molecule has 0 spiro atoms. The Balaban J connectivity index is 1.45. The third kappa shape index (κ3) is 4.14. The first-order chi connectivity index (χ1) is 15.2. The molecule has 0 aliphatic rings. The molecule has 156 valence electrons. The van der Waals surface area contributed by atoms with E-state index in [0.29, 0.717) is 40.0 Å². The molecule has 4 aromatic heterocycles. The number of aromatic nitrogens is 5. The van der Waals surface area contributed by atoms with Crippen LogP contribution in [0.1, 0.15) is 23.8 Å². The zero-order chi connectivity index (χ0) is 21.2. The molecule has 8 nitrogen and oxygen atoms in total. The monoisotopic (exact) mass is 453 g/mol. The first kappa shape index (κ1) is 19.7.